The van der Waals surface area contributed by atoms with Gasteiger partial charge in [-0.3, -0.25) is 4.79 Å². The molecule has 0 aromatic heterocycles. The lowest BCUT2D eigenvalue weighted by molar-refractivity contribution is -0.120. The van der Waals surface area contributed by atoms with Crippen molar-refractivity contribution >= 4 is 39.2 Å². The van der Waals surface area contributed by atoms with Crippen molar-refractivity contribution in [3.63, 3.8) is 0 Å². The number of fused-ring (bicyclic) bond motifs is 1. The molecule has 0 fully saturated rings. The number of hydrogen-bond donors (Lipinski definition) is 2. The van der Waals surface area contributed by atoms with Gasteiger partial charge in [-0.2, -0.15) is 0 Å². The maximum Gasteiger partial charge on any atom is 0.320 e. The Morgan fingerprint density at radius 1 is 1.00 bits per heavy atom. The van der Waals surface area contributed by atoms with Crippen LogP contribution in [0.25, 0.3) is 0 Å². The van der Waals surface area contributed by atoms with Gasteiger partial charge in [0, 0.05) is 16.7 Å². The summed E-state index contributed by atoms with van der Waals surface area (Å²) in [4.78, 5) is 27.7. The quantitative estimate of drug-likeness (QED) is 0.564. The van der Waals surface area contributed by atoms with Crippen molar-refractivity contribution in [2.45, 2.75) is 12.5 Å². The van der Waals surface area contributed by atoms with Gasteiger partial charge in [0.25, 0.3) is 5.91 Å². The van der Waals surface area contributed by atoms with Crippen LogP contribution in [0.1, 0.15) is 17.2 Å². The maximum atomic E-state index is 14.1. The second-order valence-electron chi connectivity index (χ2n) is 6.93. The first-order chi connectivity index (χ1) is 14.5. The second-order valence-corrected chi connectivity index (χ2v) is 7.85. The molecule has 1 atom stereocenters. The van der Waals surface area contributed by atoms with Crippen LogP contribution in [-0.4, -0.2) is 18.5 Å². The minimum absolute atomic E-state index is 0.0291. The summed E-state index contributed by atoms with van der Waals surface area (Å²) in [6.07, 6.45) is 0.764. The van der Waals surface area contributed by atoms with Gasteiger partial charge < -0.3 is 15.5 Å². The third-order valence-corrected chi connectivity index (χ3v) is 5.48. The Morgan fingerprint density at radius 3 is 2.50 bits per heavy atom. The van der Waals surface area contributed by atoms with E-state index >= 15 is 0 Å². The molecule has 0 saturated heterocycles. The standard InChI is InChI=1S/C23H19BrFN3O2/c24-17-10-11-19(18(25)14-17)26-23(30)27-21(16-7-2-1-3-8-16)22(29)28-13-12-15-6-4-5-9-20(15)28/h1-11,14,21H,12-13H2,(H2,26,27,30)/t21-/m1/s1. The molecule has 0 bridgehead atoms. The molecule has 1 aliphatic heterocycles. The van der Waals surface area contributed by atoms with Gasteiger partial charge >= 0.3 is 6.03 Å². The molecule has 0 saturated carbocycles. The predicted octanol–water partition coefficient (Wildman–Crippen LogP) is 5.04. The van der Waals surface area contributed by atoms with Gasteiger partial charge in [-0.25, -0.2) is 9.18 Å². The Kier molecular flexibility index (Phi) is 5.81. The Hall–Kier alpha value is -3.19. The molecule has 0 radical (unpaired) electrons. The summed E-state index contributed by atoms with van der Waals surface area (Å²) in [6, 6.07) is 19.5. The topological polar surface area (TPSA) is 61.4 Å². The lowest BCUT2D eigenvalue weighted by atomic mass is 10.1. The van der Waals surface area contributed by atoms with E-state index in [9.17, 15) is 14.0 Å². The van der Waals surface area contributed by atoms with Crippen molar-refractivity contribution in [3.8, 4) is 0 Å². The second kappa shape index (κ2) is 8.67. The van der Waals surface area contributed by atoms with E-state index in [1.54, 1.807) is 23.1 Å². The molecule has 152 valence electrons. The summed E-state index contributed by atoms with van der Waals surface area (Å²) in [5.74, 6) is -0.812. The molecule has 3 amide bonds. The first-order valence-electron chi connectivity index (χ1n) is 9.50. The number of urea groups is 1. The van der Waals surface area contributed by atoms with Crippen molar-refractivity contribution in [2.75, 3.05) is 16.8 Å². The number of hydrogen-bond acceptors (Lipinski definition) is 2. The van der Waals surface area contributed by atoms with Crippen LogP contribution in [0.3, 0.4) is 0 Å². The molecule has 4 rings (SSSR count). The smallest absolute Gasteiger partial charge is 0.320 e. The average molecular weight is 468 g/mol. The molecule has 1 heterocycles. The zero-order chi connectivity index (χ0) is 21.1. The van der Waals surface area contributed by atoms with Crippen molar-refractivity contribution in [1.29, 1.82) is 0 Å². The molecule has 30 heavy (non-hydrogen) atoms. The zero-order valence-electron chi connectivity index (χ0n) is 15.9. The minimum Gasteiger partial charge on any atom is -0.322 e. The third-order valence-electron chi connectivity index (χ3n) is 4.99. The zero-order valence-corrected chi connectivity index (χ0v) is 17.5. The van der Waals surface area contributed by atoms with E-state index in [0.29, 0.717) is 16.6 Å². The summed E-state index contributed by atoms with van der Waals surface area (Å²) < 4.78 is 14.7. The largest absolute Gasteiger partial charge is 0.322 e. The third kappa shape index (κ3) is 4.21. The first kappa shape index (κ1) is 20.1. The van der Waals surface area contributed by atoms with Crippen molar-refractivity contribution < 1.29 is 14.0 Å². The molecule has 0 aliphatic carbocycles. The van der Waals surface area contributed by atoms with Crippen LogP contribution >= 0.6 is 15.9 Å². The van der Waals surface area contributed by atoms with Gasteiger partial charge in [0.05, 0.1) is 5.69 Å². The van der Waals surface area contributed by atoms with E-state index < -0.39 is 17.9 Å². The normalized spacial score (nSPS) is 13.5. The Bertz CT molecular complexity index is 1090. The summed E-state index contributed by atoms with van der Waals surface area (Å²) >= 11 is 3.18. The van der Waals surface area contributed by atoms with Crippen LogP contribution in [0.5, 0.6) is 0 Å². The molecule has 5 nitrogen and oxygen atoms in total. The molecular weight excluding hydrogens is 449 g/mol. The first-order valence-corrected chi connectivity index (χ1v) is 10.3. The van der Waals surface area contributed by atoms with Crippen LogP contribution in [-0.2, 0) is 11.2 Å². The van der Waals surface area contributed by atoms with Crippen LogP contribution in [0.4, 0.5) is 20.6 Å². The van der Waals surface area contributed by atoms with Crippen molar-refractivity contribution in [2.24, 2.45) is 0 Å². The van der Waals surface area contributed by atoms with Gasteiger partial charge in [-0.15, -0.1) is 0 Å². The number of carbonyl (C=O) groups is 2. The van der Waals surface area contributed by atoms with Crippen LogP contribution in [0.2, 0.25) is 0 Å². The van der Waals surface area contributed by atoms with E-state index in [0.717, 1.165) is 17.7 Å². The molecule has 2 N–H and O–H groups in total. The lowest BCUT2D eigenvalue weighted by Crippen LogP contribution is -2.44. The number of amides is 3. The summed E-state index contributed by atoms with van der Waals surface area (Å²) in [7, 11) is 0. The van der Waals surface area contributed by atoms with Crippen molar-refractivity contribution in [3.05, 3.63) is 94.2 Å². The molecular formula is C23H19BrFN3O2. The van der Waals surface area contributed by atoms with Crippen molar-refractivity contribution in [1.82, 2.24) is 5.32 Å². The number of benzene rings is 3. The molecule has 3 aromatic carbocycles. The molecule has 0 spiro atoms. The Morgan fingerprint density at radius 2 is 1.73 bits per heavy atom. The van der Waals surface area contributed by atoms with E-state index in [1.165, 1.54) is 12.1 Å². The Labute approximate surface area is 182 Å². The highest BCUT2D eigenvalue weighted by atomic mass is 79.9. The number of anilines is 2. The van der Waals surface area contributed by atoms with E-state index in [1.807, 2.05) is 42.5 Å². The fraction of sp³-hybridized carbons (Fsp3) is 0.130. The van der Waals surface area contributed by atoms with Gasteiger partial charge in [-0.1, -0.05) is 64.5 Å². The number of halogens is 2. The summed E-state index contributed by atoms with van der Waals surface area (Å²) in [5.41, 5.74) is 2.63. The monoisotopic (exact) mass is 467 g/mol. The van der Waals surface area contributed by atoms with Gasteiger partial charge in [-0.05, 0) is 41.8 Å². The predicted molar refractivity (Wildman–Crippen MR) is 118 cm³/mol. The molecule has 1 aliphatic rings. The fourth-order valence-corrected chi connectivity index (χ4v) is 3.87. The number of para-hydroxylation sites is 1. The highest BCUT2D eigenvalue weighted by molar-refractivity contribution is 9.10. The van der Waals surface area contributed by atoms with Gasteiger partial charge in [0.1, 0.15) is 11.9 Å². The highest BCUT2D eigenvalue weighted by Crippen LogP contribution is 2.30. The maximum absolute atomic E-state index is 14.1. The summed E-state index contributed by atoms with van der Waals surface area (Å²) in [6.45, 7) is 0.548. The van der Waals surface area contributed by atoms with Crippen LogP contribution in [0.15, 0.2) is 77.3 Å². The Balaban J connectivity index is 1.58. The SMILES string of the molecule is O=C(Nc1ccc(Br)cc1F)N[C@@H](C(=O)N1CCc2ccccc21)c1ccccc1. The molecule has 0 unspecified atom stereocenters. The fourth-order valence-electron chi connectivity index (χ4n) is 3.54. The number of rotatable bonds is 4. The number of nitrogens with zero attached hydrogens (tertiary/aromatic N) is 1. The molecule has 7 heteroatoms. The lowest BCUT2D eigenvalue weighted by Gasteiger charge is -2.25. The van der Waals surface area contributed by atoms with Crippen LogP contribution < -0.4 is 15.5 Å². The molecule has 3 aromatic rings. The van der Waals surface area contributed by atoms with Gasteiger partial charge in [0.2, 0.25) is 0 Å². The van der Waals surface area contributed by atoms with E-state index in [-0.39, 0.29) is 11.6 Å². The van der Waals surface area contributed by atoms with E-state index in [4.69, 9.17) is 0 Å². The van der Waals surface area contributed by atoms with Crippen LogP contribution in [0, 0.1) is 5.82 Å². The van der Waals surface area contributed by atoms with E-state index in [2.05, 4.69) is 26.6 Å². The minimum atomic E-state index is -0.907. The number of nitrogens with one attached hydrogen (secondary N) is 2. The summed E-state index contributed by atoms with van der Waals surface area (Å²) in [5, 5.41) is 5.20. The highest BCUT2D eigenvalue weighted by Gasteiger charge is 2.32. The van der Waals surface area contributed by atoms with Gasteiger partial charge in [0.15, 0.2) is 0 Å². The average Bonchev–Trinajstić information content (AvgIpc) is 3.18. The number of carbonyl (C=O) groups excluding carboxylic acids is 2.